The first-order valence-electron chi connectivity index (χ1n) is 12.9. The number of pyridine rings is 1. The van der Waals surface area contributed by atoms with Crippen molar-refractivity contribution in [2.75, 3.05) is 42.9 Å². The molecular weight excluding hydrogens is 466 g/mol. The van der Waals surface area contributed by atoms with Gasteiger partial charge in [0.25, 0.3) is 5.91 Å². The summed E-state index contributed by atoms with van der Waals surface area (Å²) < 4.78 is 5.21. The average Bonchev–Trinajstić information content (AvgIpc) is 3.76. The normalized spacial score (nSPS) is 15.7. The molecule has 2 amide bonds. The molecule has 192 valence electrons. The second-order valence-corrected chi connectivity index (χ2v) is 9.69. The number of hydrogen-bond acceptors (Lipinski definition) is 6. The highest BCUT2D eigenvalue weighted by Gasteiger charge is 2.27. The van der Waals surface area contributed by atoms with Crippen LogP contribution in [0.5, 0.6) is 0 Å². The summed E-state index contributed by atoms with van der Waals surface area (Å²) in [5, 5.41) is 5.76. The van der Waals surface area contributed by atoms with Gasteiger partial charge in [0.15, 0.2) is 0 Å². The van der Waals surface area contributed by atoms with Crippen LogP contribution in [0.4, 0.5) is 16.2 Å². The maximum Gasteiger partial charge on any atom is 0.407 e. The molecule has 2 aliphatic rings. The molecule has 1 aliphatic carbocycles. The van der Waals surface area contributed by atoms with Crippen molar-refractivity contribution in [2.24, 2.45) is 5.92 Å². The Morgan fingerprint density at radius 1 is 0.919 bits per heavy atom. The number of anilines is 2. The predicted molar refractivity (Wildman–Crippen MR) is 143 cm³/mol. The van der Waals surface area contributed by atoms with Crippen molar-refractivity contribution in [3.63, 3.8) is 0 Å². The fourth-order valence-corrected chi connectivity index (χ4v) is 4.54. The van der Waals surface area contributed by atoms with E-state index in [0.29, 0.717) is 17.8 Å². The Morgan fingerprint density at radius 3 is 2.43 bits per heavy atom. The van der Waals surface area contributed by atoms with Crippen molar-refractivity contribution in [1.82, 2.24) is 15.2 Å². The van der Waals surface area contributed by atoms with Gasteiger partial charge in [-0.15, -0.1) is 0 Å². The van der Waals surface area contributed by atoms with Crippen LogP contribution in [0.3, 0.4) is 0 Å². The molecule has 2 aromatic carbocycles. The lowest BCUT2D eigenvalue weighted by atomic mass is 10.1. The summed E-state index contributed by atoms with van der Waals surface area (Å²) in [5.74, 6) is 0.777. The molecule has 8 heteroatoms. The molecule has 0 atom stereocenters. The van der Waals surface area contributed by atoms with Crippen molar-refractivity contribution in [1.29, 1.82) is 0 Å². The number of para-hydroxylation sites is 1. The Kier molecular flexibility index (Phi) is 7.96. The first kappa shape index (κ1) is 24.8. The van der Waals surface area contributed by atoms with Gasteiger partial charge in [-0.25, -0.2) is 4.79 Å². The third-order valence-electron chi connectivity index (χ3n) is 6.82. The van der Waals surface area contributed by atoms with E-state index in [4.69, 9.17) is 4.74 Å². The summed E-state index contributed by atoms with van der Waals surface area (Å²) in [6, 6.07) is 18.9. The van der Waals surface area contributed by atoms with E-state index in [1.807, 2.05) is 54.6 Å². The van der Waals surface area contributed by atoms with Crippen molar-refractivity contribution in [3.8, 4) is 0 Å². The van der Waals surface area contributed by atoms with E-state index in [0.717, 1.165) is 48.9 Å². The molecule has 2 N–H and O–H groups in total. The van der Waals surface area contributed by atoms with Gasteiger partial charge in [-0.1, -0.05) is 30.3 Å². The summed E-state index contributed by atoms with van der Waals surface area (Å²) in [5.41, 5.74) is 4.10. The number of amides is 2. The standard InChI is InChI=1S/C29H33N5O3/c35-28(26-5-1-2-6-27(26)34-16-14-33(15-17-34)20-23-7-8-23)32-25-11-9-22(10-12-25)19-31-29(36)37-21-24-4-3-13-30-18-24/h1-6,9-13,18,23H,7-8,14-17,19-21H2,(H,31,36)(H,32,35). The van der Waals surface area contributed by atoms with Gasteiger partial charge in [0.2, 0.25) is 0 Å². The first-order chi connectivity index (χ1) is 18.1. The van der Waals surface area contributed by atoms with Crippen LogP contribution < -0.4 is 15.5 Å². The van der Waals surface area contributed by atoms with Crippen molar-refractivity contribution in [3.05, 3.63) is 89.7 Å². The van der Waals surface area contributed by atoms with E-state index < -0.39 is 6.09 Å². The fraction of sp³-hybridized carbons (Fsp3) is 0.345. The monoisotopic (exact) mass is 499 g/mol. The zero-order chi connectivity index (χ0) is 25.5. The van der Waals surface area contributed by atoms with E-state index in [-0.39, 0.29) is 12.5 Å². The lowest BCUT2D eigenvalue weighted by Gasteiger charge is -2.36. The molecular formula is C29H33N5O3. The molecule has 2 heterocycles. The SMILES string of the molecule is O=C(NCc1ccc(NC(=O)c2ccccc2N2CCN(CC3CC3)CC2)cc1)OCc1cccnc1. The number of nitrogens with zero attached hydrogens (tertiary/aromatic N) is 3. The second-order valence-electron chi connectivity index (χ2n) is 9.69. The predicted octanol–water partition coefficient (Wildman–Crippen LogP) is 4.29. The third-order valence-corrected chi connectivity index (χ3v) is 6.82. The molecule has 0 spiro atoms. The molecule has 2 fully saturated rings. The summed E-state index contributed by atoms with van der Waals surface area (Å²) in [4.78, 5) is 34.0. The van der Waals surface area contributed by atoms with E-state index in [2.05, 4.69) is 25.4 Å². The highest BCUT2D eigenvalue weighted by atomic mass is 16.5. The van der Waals surface area contributed by atoms with Gasteiger partial charge in [0.05, 0.1) is 5.56 Å². The number of carbonyl (C=O) groups excluding carboxylic acids is 2. The highest BCUT2D eigenvalue weighted by Crippen LogP contribution is 2.30. The molecule has 1 aliphatic heterocycles. The van der Waals surface area contributed by atoms with E-state index in [9.17, 15) is 9.59 Å². The van der Waals surface area contributed by atoms with Gasteiger partial charge in [0.1, 0.15) is 6.61 Å². The minimum atomic E-state index is -0.494. The number of carbonyl (C=O) groups is 2. The van der Waals surface area contributed by atoms with Crippen LogP contribution in [-0.4, -0.2) is 54.6 Å². The maximum atomic E-state index is 13.2. The Bertz CT molecular complexity index is 1190. The van der Waals surface area contributed by atoms with Gasteiger partial charge in [-0.05, 0) is 54.7 Å². The molecule has 1 aromatic heterocycles. The van der Waals surface area contributed by atoms with Crippen molar-refractivity contribution < 1.29 is 14.3 Å². The molecule has 0 radical (unpaired) electrons. The fourth-order valence-electron chi connectivity index (χ4n) is 4.54. The quantitative estimate of drug-likeness (QED) is 0.457. The molecule has 1 saturated heterocycles. The molecule has 3 aromatic rings. The number of benzene rings is 2. The zero-order valence-corrected chi connectivity index (χ0v) is 20.9. The topological polar surface area (TPSA) is 86.8 Å². The number of piperazine rings is 1. The van der Waals surface area contributed by atoms with Crippen LogP contribution in [0.2, 0.25) is 0 Å². The van der Waals surface area contributed by atoms with Crippen molar-refractivity contribution >= 4 is 23.4 Å². The van der Waals surface area contributed by atoms with Gasteiger partial charge in [0, 0.05) is 68.6 Å². The van der Waals surface area contributed by atoms with Crippen LogP contribution in [0.15, 0.2) is 73.1 Å². The second kappa shape index (κ2) is 11.9. The number of ether oxygens (including phenoxy) is 1. The summed E-state index contributed by atoms with van der Waals surface area (Å²) in [6.07, 6.45) is 5.59. The number of hydrogen-bond donors (Lipinski definition) is 2. The molecule has 5 rings (SSSR count). The summed E-state index contributed by atoms with van der Waals surface area (Å²) in [6.45, 7) is 5.66. The van der Waals surface area contributed by atoms with E-state index in [1.54, 1.807) is 18.5 Å². The van der Waals surface area contributed by atoms with E-state index >= 15 is 0 Å². The Balaban J connectivity index is 1.11. The largest absolute Gasteiger partial charge is 0.445 e. The molecule has 0 unspecified atom stereocenters. The molecule has 0 bridgehead atoms. The number of nitrogens with one attached hydrogen (secondary N) is 2. The van der Waals surface area contributed by atoms with Crippen LogP contribution in [0.25, 0.3) is 0 Å². The zero-order valence-electron chi connectivity index (χ0n) is 20.9. The average molecular weight is 500 g/mol. The molecule has 37 heavy (non-hydrogen) atoms. The Morgan fingerprint density at radius 2 is 1.70 bits per heavy atom. The number of rotatable bonds is 9. The van der Waals surface area contributed by atoms with Crippen LogP contribution >= 0.6 is 0 Å². The number of aromatic nitrogens is 1. The van der Waals surface area contributed by atoms with Crippen LogP contribution in [-0.2, 0) is 17.9 Å². The van der Waals surface area contributed by atoms with E-state index in [1.165, 1.54) is 19.4 Å². The summed E-state index contributed by atoms with van der Waals surface area (Å²) in [7, 11) is 0. The van der Waals surface area contributed by atoms with Crippen molar-refractivity contribution in [2.45, 2.75) is 26.0 Å². The minimum absolute atomic E-state index is 0.124. The van der Waals surface area contributed by atoms with Gasteiger partial charge >= 0.3 is 6.09 Å². The minimum Gasteiger partial charge on any atom is -0.445 e. The van der Waals surface area contributed by atoms with Crippen LogP contribution in [0.1, 0.15) is 34.3 Å². The third kappa shape index (κ3) is 7.07. The Labute approximate surface area is 217 Å². The lowest BCUT2D eigenvalue weighted by molar-refractivity contribution is 0.102. The van der Waals surface area contributed by atoms with Gasteiger partial charge < -0.3 is 20.3 Å². The highest BCUT2D eigenvalue weighted by molar-refractivity contribution is 6.08. The first-order valence-corrected chi connectivity index (χ1v) is 12.9. The lowest BCUT2D eigenvalue weighted by Crippen LogP contribution is -2.47. The smallest absolute Gasteiger partial charge is 0.407 e. The van der Waals surface area contributed by atoms with Crippen LogP contribution in [0, 0.1) is 5.92 Å². The number of alkyl carbamates (subject to hydrolysis) is 1. The Hall–Kier alpha value is -3.91. The van der Waals surface area contributed by atoms with Gasteiger partial charge in [-0.3, -0.25) is 14.7 Å². The summed E-state index contributed by atoms with van der Waals surface area (Å²) >= 11 is 0. The maximum absolute atomic E-state index is 13.2. The molecule has 1 saturated carbocycles. The molecule has 8 nitrogen and oxygen atoms in total. The van der Waals surface area contributed by atoms with Gasteiger partial charge in [-0.2, -0.15) is 0 Å².